The minimum Gasteiger partial charge on any atom is -0.478 e. The molecule has 1 aromatic heterocycles. The SMILES string of the molecule is Cc1ccc(C)c(Cn2c(C)c(CNC3CCCc4ccccc43)c(C(=O)O)c2C)c1. The van der Waals surface area contributed by atoms with Gasteiger partial charge in [0.05, 0.1) is 5.56 Å². The van der Waals surface area contributed by atoms with Crippen molar-refractivity contribution >= 4 is 5.97 Å². The Balaban J connectivity index is 1.65. The molecule has 2 N–H and O–H groups in total. The summed E-state index contributed by atoms with van der Waals surface area (Å²) in [7, 11) is 0. The summed E-state index contributed by atoms with van der Waals surface area (Å²) in [5.74, 6) is -0.846. The molecule has 0 saturated carbocycles. The second-order valence-electron chi connectivity index (χ2n) is 8.87. The van der Waals surface area contributed by atoms with E-state index in [1.165, 1.54) is 27.8 Å². The smallest absolute Gasteiger partial charge is 0.337 e. The maximum atomic E-state index is 12.2. The second kappa shape index (κ2) is 8.72. The van der Waals surface area contributed by atoms with Crippen molar-refractivity contribution in [2.75, 3.05) is 0 Å². The van der Waals surface area contributed by atoms with Gasteiger partial charge in [-0.1, -0.05) is 48.0 Å². The molecule has 31 heavy (non-hydrogen) atoms. The molecule has 0 fully saturated rings. The quantitative estimate of drug-likeness (QED) is 0.547. The highest BCUT2D eigenvalue weighted by molar-refractivity contribution is 5.91. The second-order valence-corrected chi connectivity index (χ2v) is 8.87. The van der Waals surface area contributed by atoms with Gasteiger partial charge in [0.25, 0.3) is 0 Å². The molecule has 1 aliphatic carbocycles. The lowest BCUT2D eigenvalue weighted by Crippen LogP contribution is -2.25. The van der Waals surface area contributed by atoms with Crippen LogP contribution in [-0.2, 0) is 19.5 Å². The number of carboxylic acids is 1. The third-order valence-corrected chi connectivity index (χ3v) is 6.85. The molecule has 2 aromatic carbocycles. The maximum absolute atomic E-state index is 12.2. The summed E-state index contributed by atoms with van der Waals surface area (Å²) < 4.78 is 2.16. The summed E-state index contributed by atoms with van der Waals surface area (Å²) in [5.41, 5.74) is 9.66. The Morgan fingerprint density at radius 2 is 1.87 bits per heavy atom. The van der Waals surface area contributed by atoms with E-state index in [2.05, 4.69) is 73.1 Å². The van der Waals surface area contributed by atoms with Gasteiger partial charge in [-0.2, -0.15) is 0 Å². The third-order valence-electron chi connectivity index (χ3n) is 6.85. The summed E-state index contributed by atoms with van der Waals surface area (Å²) in [6.07, 6.45) is 3.37. The molecular formula is C27H32N2O2. The van der Waals surface area contributed by atoms with E-state index in [1.54, 1.807) is 0 Å². The fourth-order valence-corrected chi connectivity index (χ4v) is 5.02. The van der Waals surface area contributed by atoms with Crippen LogP contribution in [0.1, 0.15) is 74.0 Å². The molecule has 0 radical (unpaired) electrons. The molecule has 1 unspecified atom stereocenters. The number of carboxylic acid groups (broad SMARTS) is 1. The first-order chi connectivity index (χ1) is 14.9. The summed E-state index contributed by atoms with van der Waals surface area (Å²) in [6.45, 7) is 9.45. The van der Waals surface area contributed by atoms with Crippen LogP contribution < -0.4 is 5.32 Å². The molecule has 0 amide bonds. The fraction of sp³-hybridized carbons (Fsp3) is 0.370. The predicted octanol–water partition coefficient (Wildman–Crippen LogP) is 5.64. The number of aromatic nitrogens is 1. The number of nitrogens with one attached hydrogen (secondary N) is 1. The van der Waals surface area contributed by atoms with Crippen LogP contribution in [0.4, 0.5) is 0 Å². The van der Waals surface area contributed by atoms with Crippen molar-refractivity contribution in [2.24, 2.45) is 0 Å². The maximum Gasteiger partial charge on any atom is 0.337 e. The van der Waals surface area contributed by atoms with Gasteiger partial charge >= 0.3 is 5.97 Å². The molecule has 0 bridgehead atoms. The van der Waals surface area contributed by atoms with Gasteiger partial charge in [-0.25, -0.2) is 4.79 Å². The van der Waals surface area contributed by atoms with Gasteiger partial charge in [-0.15, -0.1) is 0 Å². The van der Waals surface area contributed by atoms with Crippen LogP contribution in [0.25, 0.3) is 0 Å². The minimum atomic E-state index is -0.846. The molecule has 1 aliphatic rings. The van der Waals surface area contributed by atoms with Crippen molar-refractivity contribution in [1.82, 2.24) is 9.88 Å². The Morgan fingerprint density at radius 3 is 2.65 bits per heavy atom. The van der Waals surface area contributed by atoms with Crippen LogP contribution in [-0.4, -0.2) is 15.6 Å². The standard InChI is InChI=1S/C27H32N2O2/c1-17-12-13-18(2)22(14-17)16-29-19(3)24(26(20(29)4)27(30)31)15-28-25-11-7-9-21-8-5-6-10-23(21)25/h5-6,8,10,12-14,25,28H,7,9,11,15-16H2,1-4H3,(H,30,31). The van der Waals surface area contributed by atoms with Crippen LogP contribution in [0.5, 0.6) is 0 Å². The monoisotopic (exact) mass is 416 g/mol. The first kappa shape index (κ1) is 21.4. The van der Waals surface area contributed by atoms with E-state index < -0.39 is 5.97 Å². The Labute approximate surface area is 184 Å². The van der Waals surface area contributed by atoms with Gasteiger partial charge in [-0.3, -0.25) is 0 Å². The number of fused-ring (bicyclic) bond motifs is 1. The molecule has 3 aromatic rings. The van der Waals surface area contributed by atoms with E-state index in [-0.39, 0.29) is 6.04 Å². The summed E-state index contributed by atoms with van der Waals surface area (Å²) in [5, 5.41) is 13.7. The zero-order valence-electron chi connectivity index (χ0n) is 19.0. The molecule has 0 aliphatic heterocycles. The van der Waals surface area contributed by atoms with Crippen molar-refractivity contribution in [3.05, 3.63) is 92.8 Å². The van der Waals surface area contributed by atoms with Gasteiger partial charge in [0, 0.05) is 36.1 Å². The van der Waals surface area contributed by atoms with Crippen LogP contribution in [0.2, 0.25) is 0 Å². The largest absolute Gasteiger partial charge is 0.478 e. The van der Waals surface area contributed by atoms with E-state index >= 15 is 0 Å². The molecule has 0 spiro atoms. The average Bonchev–Trinajstić information content (AvgIpc) is 2.99. The Morgan fingerprint density at radius 1 is 1.10 bits per heavy atom. The number of rotatable bonds is 6. The zero-order chi connectivity index (χ0) is 22.1. The first-order valence-electron chi connectivity index (χ1n) is 11.2. The average molecular weight is 417 g/mol. The van der Waals surface area contributed by atoms with Crippen molar-refractivity contribution in [2.45, 2.75) is 66.1 Å². The first-order valence-corrected chi connectivity index (χ1v) is 11.2. The highest BCUT2D eigenvalue weighted by atomic mass is 16.4. The molecule has 4 nitrogen and oxygen atoms in total. The summed E-state index contributed by atoms with van der Waals surface area (Å²) in [4.78, 5) is 12.2. The molecule has 1 heterocycles. The topological polar surface area (TPSA) is 54.3 Å². The summed E-state index contributed by atoms with van der Waals surface area (Å²) in [6, 6.07) is 15.3. The van der Waals surface area contributed by atoms with E-state index in [9.17, 15) is 9.90 Å². The van der Waals surface area contributed by atoms with E-state index in [0.29, 0.717) is 18.7 Å². The molecule has 162 valence electrons. The number of aromatic carboxylic acids is 1. The van der Waals surface area contributed by atoms with Crippen molar-refractivity contribution in [3.63, 3.8) is 0 Å². The van der Waals surface area contributed by atoms with Gasteiger partial charge in [0.15, 0.2) is 0 Å². The number of nitrogens with zero attached hydrogens (tertiary/aromatic N) is 1. The predicted molar refractivity (Wildman–Crippen MR) is 125 cm³/mol. The molecule has 0 saturated heterocycles. The highest BCUT2D eigenvalue weighted by Gasteiger charge is 2.25. The molecule has 4 rings (SSSR count). The highest BCUT2D eigenvalue weighted by Crippen LogP contribution is 2.31. The number of benzene rings is 2. The van der Waals surface area contributed by atoms with Crippen molar-refractivity contribution in [3.8, 4) is 0 Å². The Bertz CT molecular complexity index is 1130. The minimum absolute atomic E-state index is 0.272. The van der Waals surface area contributed by atoms with Gasteiger partial charge in [0.1, 0.15) is 0 Å². The molecular weight excluding hydrogens is 384 g/mol. The lowest BCUT2D eigenvalue weighted by molar-refractivity contribution is 0.0694. The normalized spacial score (nSPS) is 15.7. The van der Waals surface area contributed by atoms with Crippen LogP contribution in [0.3, 0.4) is 0 Å². The molecule has 4 heteroatoms. The van der Waals surface area contributed by atoms with Gasteiger partial charge in [0.2, 0.25) is 0 Å². The van der Waals surface area contributed by atoms with Crippen molar-refractivity contribution < 1.29 is 9.90 Å². The lowest BCUT2D eigenvalue weighted by atomic mass is 9.87. The number of hydrogen-bond acceptors (Lipinski definition) is 2. The third kappa shape index (κ3) is 4.17. The number of aryl methyl sites for hydroxylation is 3. The number of carbonyl (C=O) groups is 1. The Kier molecular flexibility index (Phi) is 6.01. The van der Waals surface area contributed by atoms with Crippen LogP contribution in [0.15, 0.2) is 42.5 Å². The van der Waals surface area contributed by atoms with E-state index in [1.807, 2.05) is 6.92 Å². The van der Waals surface area contributed by atoms with Gasteiger partial charge in [-0.05, 0) is 69.2 Å². The number of hydrogen-bond donors (Lipinski definition) is 2. The van der Waals surface area contributed by atoms with E-state index in [4.69, 9.17) is 0 Å². The lowest BCUT2D eigenvalue weighted by Gasteiger charge is -2.26. The zero-order valence-corrected chi connectivity index (χ0v) is 19.0. The van der Waals surface area contributed by atoms with Crippen LogP contribution in [0, 0.1) is 27.7 Å². The van der Waals surface area contributed by atoms with Gasteiger partial charge < -0.3 is 15.0 Å². The fourth-order valence-electron chi connectivity index (χ4n) is 5.02. The van der Waals surface area contributed by atoms with Crippen LogP contribution >= 0.6 is 0 Å². The van der Waals surface area contributed by atoms with E-state index in [0.717, 1.165) is 36.2 Å². The van der Waals surface area contributed by atoms with Crippen molar-refractivity contribution in [1.29, 1.82) is 0 Å². The molecule has 1 atom stereocenters. The summed E-state index contributed by atoms with van der Waals surface area (Å²) >= 11 is 0. The Hall–Kier alpha value is -2.85.